The van der Waals surface area contributed by atoms with Gasteiger partial charge in [0, 0.05) is 12.6 Å². The van der Waals surface area contributed by atoms with Gasteiger partial charge in [-0.05, 0) is 30.6 Å². The van der Waals surface area contributed by atoms with Crippen LogP contribution in [0, 0.1) is 11.3 Å². The highest BCUT2D eigenvalue weighted by molar-refractivity contribution is 7.89. The summed E-state index contributed by atoms with van der Waals surface area (Å²) >= 11 is 0. The maximum absolute atomic E-state index is 11.8. The predicted octanol–water partition coefficient (Wildman–Crippen LogP) is 1.11. The first-order valence-corrected chi connectivity index (χ1v) is 7.50. The van der Waals surface area contributed by atoms with Crippen molar-refractivity contribution < 1.29 is 13.5 Å². The minimum Gasteiger partial charge on any atom is -0.396 e. The van der Waals surface area contributed by atoms with Gasteiger partial charge in [-0.25, -0.2) is 13.1 Å². The molecule has 1 atom stereocenters. The zero-order chi connectivity index (χ0) is 12.4. The van der Waals surface area contributed by atoms with Crippen LogP contribution < -0.4 is 4.72 Å². The molecule has 16 heavy (non-hydrogen) atoms. The fourth-order valence-corrected chi connectivity index (χ4v) is 3.61. The van der Waals surface area contributed by atoms with Gasteiger partial charge in [0.1, 0.15) is 0 Å². The average Bonchev–Trinajstić information content (AvgIpc) is 2.84. The molecule has 0 aliphatic heterocycles. The Morgan fingerprint density at radius 3 is 2.31 bits per heavy atom. The van der Waals surface area contributed by atoms with Crippen molar-refractivity contribution in [2.75, 3.05) is 12.4 Å². The number of hydrogen-bond acceptors (Lipinski definition) is 3. The Hall–Kier alpha value is -0.130. The molecule has 0 aromatic heterocycles. The molecule has 1 aliphatic carbocycles. The van der Waals surface area contributed by atoms with Crippen LogP contribution in [0.5, 0.6) is 0 Å². The molecule has 1 fully saturated rings. The lowest BCUT2D eigenvalue weighted by Crippen LogP contribution is -2.45. The van der Waals surface area contributed by atoms with Gasteiger partial charge < -0.3 is 5.11 Å². The molecule has 0 heterocycles. The van der Waals surface area contributed by atoms with Gasteiger partial charge in [-0.15, -0.1) is 0 Å². The summed E-state index contributed by atoms with van der Waals surface area (Å²) in [6, 6.07) is -0.193. The Bertz CT molecular complexity index is 315. The van der Waals surface area contributed by atoms with E-state index in [1.165, 1.54) is 0 Å². The predicted molar refractivity (Wildman–Crippen MR) is 64.6 cm³/mol. The van der Waals surface area contributed by atoms with Crippen LogP contribution in [-0.4, -0.2) is 31.9 Å². The fraction of sp³-hybridized carbons (Fsp3) is 1.00. The molecule has 0 bridgehead atoms. The zero-order valence-corrected chi connectivity index (χ0v) is 11.2. The highest BCUT2D eigenvalue weighted by Gasteiger charge is 2.32. The van der Waals surface area contributed by atoms with Crippen molar-refractivity contribution in [2.24, 2.45) is 11.3 Å². The number of nitrogens with one attached hydrogen (secondary N) is 1. The van der Waals surface area contributed by atoms with Gasteiger partial charge in [0.25, 0.3) is 0 Å². The van der Waals surface area contributed by atoms with Crippen molar-refractivity contribution in [3.8, 4) is 0 Å². The first kappa shape index (κ1) is 13.9. The van der Waals surface area contributed by atoms with E-state index >= 15 is 0 Å². The highest BCUT2D eigenvalue weighted by atomic mass is 32.2. The number of hydrogen-bond donors (Lipinski definition) is 2. The maximum atomic E-state index is 11.8. The molecule has 1 aliphatic rings. The minimum absolute atomic E-state index is 0.00782. The molecule has 0 aromatic rings. The molecular weight excluding hydrogens is 226 g/mol. The van der Waals surface area contributed by atoms with E-state index in [0.29, 0.717) is 12.3 Å². The SMILES string of the molecule is CC(C)(C)C(CCO)NS(=O)(=O)CC1CC1. The van der Waals surface area contributed by atoms with E-state index in [-0.39, 0.29) is 23.8 Å². The Morgan fingerprint density at radius 2 is 1.94 bits per heavy atom. The van der Waals surface area contributed by atoms with Crippen LogP contribution in [0.2, 0.25) is 0 Å². The van der Waals surface area contributed by atoms with Crippen LogP contribution in [0.25, 0.3) is 0 Å². The summed E-state index contributed by atoms with van der Waals surface area (Å²) in [6.07, 6.45) is 2.52. The van der Waals surface area contributed by atoms with Crippen molar-refractivity contribution in [2.45, 2.75) is 46.1 Å². The van der Waals surface area contributed by atoms with Crippen LogP contribution in [0.1, 0.15) is 40.0 Å². The summed E-state index contributed by atoms with van der Waals surface area (Å²) < 4.78 is 26.4. The Morgan fingerprint density at radius 1 is 1.38 bits per heavy atom. The van der Waals surface area contributed by atoms with Gasteiger partial charge in [0.15, 0.2) is 0 Å². The molecular formula is C11H23NO3S. The fourth-order valence-electron chi connectivity index (χ4n) is 1.66. The third-order valence-electron chi connectivity index (χ3n) is 2.94. The molecule has 0 spiro atoms. The van der Waals surface area contributed by atoms with E-state index < -0.39 is 10.0 Å². The number of aliphatic hydroxyl groups is 1. The summed E-state index contributed by atoms with van der Waals surface area (Å²) in [6.45, 7) is 5.95. The van der Waals surface area contributed by atoms with Crippen LogP contribution in [0.15, 0.2) is 0 Å². The lowest BCUT2D eigenvalue weighted by molar-refractivity contribution is 0.214. The Balaban J connectivity index is 2.59. The van der Waals surface area contributed by atoms with Crippen LogP contribution in [-0.2, 0) is 10.0 Å². The summed E-state index contributed by atoms with van der Waals surface area (Å²) in [5, 5.41) is 8.96. The molecule has 0 amide bonds. The molecule has 5 heteroatoms. The van der Waals surface area contributed by atoms with Crippen LogP contribution in [0.4, 0.5) is 0 Å². The summed E-state index contributed by atoms with van der Waals surface area (Å²) in [5.74, 6) is 0.595. The second-order valence-corrected chi connectivity index (χ2v) is 7.57. The molecule has 1 unspecified atom stereocenters. The second kappa shape index (κ2) is 5.02. The molecule has 2 N–H and O–H groups in total. The molecule has 96 valence electrons. The van der Waals surface area contributed by atoms with Gasteiger partial charge in [-0.3, -0.25) is 0 Å². The molecule has 0 radical (unpaired) electrons. The van der Waals surface area contributed by atoms with Gasteiger partial charge >= 0.3 is 0 Å². The summed E-state index contributed by atoms with van der Waals surface area (Å²) in [7, 11) is -3.18. The van der Waals surface area contributed by atoms with Gasteiger partial charge in [-0.2, -0.15) is 0 Å². The molecule has 1 saturated carbocycles. The smallest absolute Gasteiger partial charge is 0.212 e. The Kier molecular flexibility index (Phi) is 4.37. The van der Waals surface area contributed by atoms with E-state index in [9.17, 15) is 8.42 Å². The average molecular weight is 249 g/mol. The van der Waals surface area contributed by atoms with E-state index in [1.807, 2.05) is 20.8 Å². The highest BCUT2D eigenvalue weighted by Crippen LogP contribution is 2.30. The summed E-state index contributed by atoms with van der Waals surface area (Å²) in [4.78, 5) is 0. The molecule has 1 rings (SSSR count). The number of aliphatic hydroxyl groups excluding tert-OH is 1. The van der Waals surface area contributed by atoms with Crippen LogP contribution >= 0.6 is 0 Å². The van der Waals surface area contributed by atoms with Crippen molar-refractivity contribution in [3.63, 3.8) is 0 Å². The lowest BCUT2D eigenvalue weighted by Gasteiger charge is -2.30. The third kappa shape index (κ3) is 4.80. The normalized spacial score (nSPS) is 19.8. The van der Waals surface area contributed by atoms with E-state index in [0.717, 1.165) is 12.8 Å². The summed E-state index contributed by atoms with van der Waals surface area (Å²) in [5.41, 5.74) is -0.167. The van der Waals surface area contributed by atoms with Crippen molar-refractivity contribution in [1.82, 2.24) is 4.72 Å². The Labute approximate surface area is 98.5 Å². The van der Waals surface area contributed by atoms with Crippen molar-refractivity contribution in [1.29, 1.82) is 0 Å². The standard InChI is InChI=1S/C11H23NO3S/c1-11(2,3)10(6-7-13)12-16(14,15)8-9-4-5-9/h9-10,12-13H,4-8H2,1-3H3. The first-order chi connectivity index (χ1) is 7.24. The third-order valence-corrected chi connectivity index (χ3v) is 4.49. The first-order valence-electron chi connectivity index (χ1n) is 5.85. The topological polar surface area (TPSA) is 66.4 Å². The van der Waals surface area contributed by atoms with Gasteiger partial charge in [0.2, 0.25) is 10.0 Å². The largest absolute Gasteiger partial charge is 0.396 e. The van der Waals surface area contributed by atoms with E-state index in [1.54, 1.807) is 0 Å². The minimum atomic E-state index is -3.18. The van der Waals surface area contributed by atoms with Crippen molar-refractivity contribution >= 4 is 10.0 Å². The van der Waals surface area contributed by atoms with Gasteiger partial charge in [-0.1, -0.05) is 20.8 Å². The lowest BCUT2D eigenvalue weighted by atomic mass is 9.86. The van der Waals surface area contributed by atoms with Crippen LogP contribution in [0.3, 0.4) is 0 Å². The van der Waals surface area contributed by atoms with E-state index in [4.69, 9.17) is 5.11 Å². The number of rotatable bonds is 6. The second-order valence-electron chi connectivity index (χ2n) is 5.77. The van der Waals surface area contributed by atoms with Crippen molar-refractivity contribution in [3.05, 3.63) is 0 Å². The van der Waals surface area contributed by atoms with Gasteiger partial charge in [0.05, 0.1) is 5.75 Å². The molecule has 0 saturated heterocycles. The zero-order valence-electron chi connectivity index (χ0n) is 10.4. The monoisotopic (exact) mass is 249 g/mol. The molecule has 0 aromatic carbocycles. The number of sulfonamides is 1. The van der Waals surface area contributed by atoms with E-state index in [2.05, 4.69) is 4.72 Å². The quantitative estimate of drug-likeness (QED) is 0.741. The molecule has 4 nitrogen and oxygen atoms in total. The maximum Gasteiger partial charge on any atom is 0.212 e.